The summed E-state index contributed by atoms with van der Waals surface area (Å²) in [5.41, 5.74) is 8.79. The van der Waals surface area contributed by atoms with Crippen molar-refractivity contribution < 1.29 is 4.39 Å². The van der Waals surface area contributed by atoms with Gasteiger partial charge in [0.15, 0.2) is 0 Å². The third kappa shape index (κ3) is 5.43. The number of nitrogens with zero attached hydrogens (tertiary/aromatic N) is 2. The van der Waals surface area contributed by atoms with Gasteiger partial charge >= 0.3 is 0 Å². The largest absolute Gasteiger partial charge is 0.369 e. The number of nitrogens with two attached hydrogens (primary N) is 1. The summed E-state index contributed by atoms with van der Waals surface area (Å²) in [4.78, 5) is 4.72. The normalized spacial score (nSPS) is 16.4. The number of anilines is 1. The van der Waals surface area contributed by atoms with E-state index in [0.29, 0.717) is 12.0 Å². The number of piperazine rings is 1. The molecule has 2 aromatic rings. The molecule has 2 aromatic carbocycles. The van der Waals surface area contributed by atoms with E-state index in [1.807, 2.05) is 25.1 Å². The van der Waals surface area contributed by atoms with E-state index in [1.54, 1.807) is 6.07 Å². The lowest BCUT2D eigenvalue weighted by atomic mass is 10.1. The van der Waals surface area contributed by atoms with E-state index in [2.05, 4.69) is 34.1 Å². The average Bonchev–Trinajstić information content (AvgIpc) is 2.58. The van der Waals surface area contributed by atoms with Crippen LogP contribution in [0.2, 0.25) is 0 Å². The molecule has 136 valence electrons. The zero-order valence-electron chi connectivity index (χ0n) is 14.7. The predicted molar refractivity (Wildman–Crippen MR) is 105 cm³/mol. The summed E-state index contributed by atoms with van der Waals surface area (Å²) in [5.74, 6) is -0.142. The summed E-state index contributed by atoms with van der Waals surface area (Å²) in [6.45, 7) is 6.74. The molecule has 3 nitrogen and oxygen atoms in total. The van der Waals surface area contributed by atoms with Gasteiger partial charge < -0.3 is 10.6 Å². The van der Waals surface area contributed by atoms with Crippen molar-refractivity contribution in [2.45, 2.75) is 25.9 Å². The fourth-order valence-corrected chi connectivity index (χ4v) is 3.25. The second-order valence-corrected chi connectivity index (χ2v) is 6.71. The second-order valence-electron chi connectivity index (χ2n) is 6.71. The molecule has 0 bridgehead atoms. The number of hydrogen-bond acceptors (Lipinski definition) is 3. The van der Waals surface area contributed by atoms with Gasteiger partial charge in [-0.1, -0.05) is 36.4 Å². The van der Waals surface area contributed by atoms with Crippen molar-refractivity contribution in [2.24, 2.45) is 5.73 Å². The monoisotopic (exact) mass is 363 g/mol. The average molecular weight is 364 g/mol. The molecule has 1 unspecified atom stereocenters. The van der Waals surface area contributed by atoms with Crippen molar-refractivity contribution in [2.75, 3.05) is 31.1 Å². The number of rotatable bonds is 5. The molecule has 3 rings (SSSR count). The lowest BCUT2D eigenvalue weighted by Gasteiger charge is -2.36. The van der Waals surface area contributed by atoms with Crippen molar-refractivity contribution in [3.63, 3.8) is 0 Å². The van der Waals surface area contributed by atoms with Crippen LogP contribution < -0.4 is 10.6 Å². The summed E-state index contributed by atoms with van der Waals surface area (Å²) in [6, 6.07) is 16.1. The quantitative estimate of drug-likeness (QED) is 0.883. The molecule has 1 fully saturated rings. The Kier molecular flexibility index (Phi) is 7.24. The van der Waals surface area contributed by atoms with Crippen LogP contribution in [0.1, 0.15) is 18.1 Å². The van der Waals surface area contributed by atoms with Crippen molar-refractivity contribution >= 4 is 18.1 Å². The fourth-order valence-electron chi connectivity index (χ4n) is 3.25. The molecule has 0 saturated carbocycles. The van der Waals surface area contributed by atoms with Crippen LogP contribution in [0.4, 0.5) is 10.1 Å². The van der Waals surface area contributed by atoms with Crippen molar-refractivity contribution in [3.8, 4) is 0 Å². The first-order chi connectivity index (χ1) is 11.6. The van der Waals surface area contributed by atoms with Crippen LogP contribution in [0.3, 0.4) is 0 Å². The van der Waals surface area contributed by atoms with Crippen LogP contribution in [0.25, 0.3) is 0 Å². The molecule has 0 spiro atoms. The van der Waals surface area contributed by atoms with E-state index in [9.17, 15) is 4.39 Å². The van der Waals surface area contributed by atoms with Gasteiger partial charge in [0.1, 0.15) is 5.82 Å². The molecule has 5 heteroatoms. The standard InChI is InChI=1S/C20H26FN3.ClH/c1-16(22)13-18-7-8-19(14-20(18)21)24-11-9-23(10-12-24)15-17-5-3-2-4-6-17;/h2-8,14,16H,9-13,15,22H2,1H3;1H. The highest BCUT2D eigenvalue weighted by atomic mass is 35.5. The minimum atomic E-state index is -0.142. The van der Waals surface area contributed by atoms with Gasteiger partial charge in [0.2, 0.25) is 0 Å². The second kappa shape index (κ2) is 9.18. The Balaban J connectivity index is 0.00000225. The lowest BCUT2D eigenvalue weighted by Crippen LogP contribution is -2.46. The molecule has 1 aliphatic rings. The highest BCUT2D eigenvalue weighted by molar-refractivity contribution is 5.85. The van der Waals surface area contributed by atoms with Gasteiger partial charge in [0, 0.05) is 44.5 Å². The number of benzene rings is 2. The van der Waals surface area contributed by atoms with Gasteiger partial charge in [-0.25, -0.2) is 4.39 Å². The maximum Gasteiger partial charge on any atom is 0.128 e. The molecule has 0 aromatic heterocycles. The van der Waals surface area contributed by atoms with Crippen LogP contribution in [-0.4, -0.2) is 37.1 Å². The molecule has 1 heterocycles. The van der Waals surface area contributed by atoms with E-state index in [4.69, 9.17) is 5.73 Å². The van der Waals surface area contributed by atoms with E-state index < -0.39 is 0 Å². The van der Waals surface area contributed by atoms with Crippen molar-refractivity contribution in [3.05, 3.63) is 65.5 Å². The minimum absolute atomic E-state index is 0. The molecular weight excluding hydrogens is 337 g/mol. The Morgan fingerprint density at radius 2 is 1.72 bits per heavy atom. The maximum absolute atomic E-state index is 14.2. The molecule has 0 amide bonds. The van der Waals surface area contributed by atoms with Gasteiger partial charge in [0.05, 0.1) is 0 Å². The highest BCUT2D eigenvalue weighted by Gasteiger charge is 2.18. The third-order valence-electron chi connectivity index (χ3n) is 4.56. The summed E-state index contributed by atoms with van der Waals surface area (Å²) < 4.78 is 14.2. The summed E-state index contributed by atoms with van der Waals surface area (Å²) in [7, 11) is 0. The Morgan fingerprint density at radius 3 is 2.32 bits per heavy atom. The topological polar surface area (TPSA) is 32.5 Å². The van der Waals surface area contributed by atoms with Gasteiger partial charge in [0.25, 0.3) is 0 Å². The van der Waals surface area contributed by atoms with Gasteiger partial charge in [-0.05, 0) is 36.6 Å². The molecule has 1 saturated heterocycles. The molecule has 2 N–H and O–H groups in total. The molecule has 0 radical (unpaired) electrons. The third-order valence-corrected chi connectivity index (χ3v) is 4.56. The van der Waals surface area contributed by atoms with Gasteiger partial charge in [-0.15, -0.1) is 12.4 Å². The van der Waals surface area contributed by atoms with E-state index >= 15 is 0 Å². The summed E-state index contributed by atoms with van der Waals surface area (Å²) >= 11 is 0. The highest BCUT2D eigenvalue weighted by Crippen LogP contribution is 2.21. The Hall–Kier alpha value is -1.62. The maximum atomic E-state index is 14.2. The number of hydrogen-bond donors (Lipinski definition) is 1. The first-order valence-corrected chi connectivity index (χ1v) is 8.67. The van der Waals surface area contributed by atoms with Gasteiger partial charge in [-0.3, -0.25) is 4.90 Å². The number of halogens is 2. The van der Waals surface area contributed by atoms with E-state index in [0.717, 1.165) is 38.4 Å². The van der Waals surface area contributed by atoms with Crippen LogP contribution in [-0.2, 0) is 13.0 Å². The molecule has 1 atom stereocenters. The molecule has 25 heavy (non-hydrogen) atoms. The Labute approximate surface area is 156 Å². The fraction of sp³-hybridized carbons (Fsp3) is 0.400. The summed E-state index contributed by atoms with van der Waals surface area (Å²) in [5, 5.41) is 0. The SMILES string of the molecule is CC(N)Cc1ccc(N2CCN(Cc3ccccc3)CC2)cc1F.Cl. The molecule has 0 aliphatic carbocycles. The first kappa shape index (κ1) is 19.7. The van der Waals surface area contributed by atoms with Crippen molar-refractivity contribution in [1.29, 1.82) is 0 Å². The van der Waals surface area contributed by atoms with E-state index in [1.165, 1.54) is 5.56 Å². The van der Waals surface area contributed by atoms with Crippen LogP contribution in [0.15, 0.2) is 48.5 Å². The predicted octanol–water partition coefficient (Wildman–Crippen LogP) is 3.46. The zero-order valence-corrected chi connectivity index (χ0v) is 15.5. The smallest absolute Gasteiger partial charge is 0.128 e. The summed E-state index contributed by atoms with van der Waals surface area (Å²) in [6.07, 6.45) is 0.580. The van der Waals surface area contributed by atoms with Crippen LogP contribution in [0.5, 0.6) is 0 Å². The molecule has 1 aliphatic heterocycles. The minimum Gasteiger partial charge on any atom is -0.369 e. The lowest BCUT2D eigenvalue weighted by molar-refractivity contribution is 0.250. The van der Waals surface area contributed by atoms with Crippen molar-refractivity contribution in [1.82, 2.24) is 4.90 Å². The Morgan fingerprint density at radius 1 is 1.04 bits per heavy atom. The first-order valence-electron chi connectivity index (χ1n) is 8.67. The zero-order chi connectivity index (χ0) is 16.9. The van der Waals surface area contributed by atoms with E-state index in [-0.39, 0.29) is 24.3 Å². The molecular formula is C20H27ClFN3. The van der Waals surface area contributed by atoms with Crippen LogP contribution in [0, 0.1) is 5.82 Å². The Bertz CT molecular complexity index is 655. The van der Waals surface area contributed by atoms with Gasteiger partial charge in [-0.2, -0.15) is 0 Å². The van der Waals surface area contributed by atoms with Crippen LogP contribution >= 0.6 is 12.4 Å².